The van der Waals surface area contributed by atoms with Gasteiger partial charge in [-0.3, -0.25) is 9.59 Å². The Labute approximate surface area is 238 Å². The maximum Gasteiger partial charge on any atom is 0.416 e. The van der Waals surface area contributed by atoms with Crippen LogP contribution in [0.3, 0.4) is 0 Å². The minimum Gasteiger partial charge on any atom is -0.370 e. The lowest BCUT2D eigenvalue weighted by Gasteiger charge is -2.31. The SMILES string of the molecule is O=C(Nc1cc(C(F)(F)F)ccc1N1CCCC1)c1csc(C2CCN(C(=O)CCc3ccc(F)c(F)c3)CC2)n1. The monoisotopic (exact) mass is 592 g/mol. The molecule has 41 heavy (non-hydrogen) atoms. The fourth-order valence-electron chi connectivity index (χ4n) is 5.29. The molecule has 2 aliphatic rings. The average molecular weight is 593 g/mol. The predicted molar refractivity (Wildman–Crippen MR) is 146 cm³/mol. The molecule has 6 nitrogen and oxygen atoms in total. The van der Waals surface area contributed by atoms with Crippen LogP contribution in [0.2, 0.25) is 0 Å². The highest BCUT2D eigenvalue weighted by Gasteiger charge is 2.32. The fourth-order valence-corrected chi connectivity index (χ4v) is 6.26. The van der Waals surface area contributed by atoms with E-state index in [1.165, 1.54) is 23.5 Å². The molecule has 0 unspecified atom stereocenters. The van der Waals surface area contributed by atoms with Crippen LogP contribution in [0.1, 0.15) is 64.6 Å². The summed E-state index contributed by atoms with van der Waals surface area (Å²) < 4.78 is 66.7. The van der Waals surface area contributed by atoms with Gasteiger partial charge in [0.05, 0.1) is 21.9 Å². The van der Waals surface area contributed by atoms with E-state index in [9.17, 15) is 31.5 Å². The van der Waals surface area contributed by atoms with E-state index >= 15 is 0 Å². The van der Waals surface area contributed by atoms with E-state index in [4.69, 9.17) is 0 Å². The Hall–Kier alpha value is -3.54. The molecule has 1 aromatic heterocycles. The Morgan fingerprint density at radius 3 is 2.39 bits per heavy atom. The number of carbonyl (C=O) groups excluding carboxylic acids is 2. The summed E-state index contributed by atoms with van der Waals surface area (Å²) in [5.41, 5.74) is 0.524. The van der Waals surface area contributed by atoms with Gasteiger partial charge in [-0.05, 0) is 68.0 Å². The number of alkyl halides is 3. The quantitative estimate of drug-likeness (QED) is 0.313. The van der Waals surface area contributed by atoms with Gasteiger partial charge in [-0.1, -0.05) is 6.07 Å². The normalized spacial score (nSPS) is 16.3. The summed E-state index contributed by atoms with van der Waals surface area (Å²) in [5, 5.41) is 5.00. The molecule has 0 saturated carbocycles. The highest BCUT2D eigenvalue weighted by molar-refractivity contribution is 7.10. The summed E-state index contributed by atoms with van der Waals surface area (Å²) in [5.74, 6) is -2.45. The van der Waals surface area contributed by atoms with Crippen molar-refractivity contribution < 1.29 is 31.5 Å². The number of hydrogen-bond acceptors (Lipinski definition) is 5. The van der Waals surface area contributed by atoms with E-state index in [1.807, 2.05) is 4.90 Å². The summed E-state index contributed by atoms with van der Waals surface area (Å²) in [6.07, 6.45) is -0.869. The van der Waals surface area contributed by atoms with Gasteiger partial charge in [-0.15, -0.1) is 11.3 Å². The smallest absolute Gasteiger partial charge is 0.370 e. The van der Waals surface area contributed by atoms with E-state index in [1.54, 1.807) is 10.3 Å². The van der Waals surface area contributed by atoms with E-state index < -0.39 is 29.3 Å². The topological polar surface area (TPSA) is 65.5 Å². The molecule has 1 N–H and O–H groups in total. The molecule has 0 spiro atoms. The van der Waals surface area contributed by atoms with Crippen LogP contribution in [0.4, 0.5) is 33.3 Å². The van der Waals surface area contributed by atoms with Gasteiger partial charge in [0.15, 0.2) is 11.6 Å². The maximum absolute atomic E-state index is 13.4. The van der Waals surface area contributed by atoms with Crippen LogP contribution < -0.4 is 10.2 Å². The van der Waals surface area contributed by atoms with Gasteiger partial charge in [0.25, 0.3) is 5.91 Å². The number of carbonyl (C=O) groups is 2. The first-order chi connectivity index (χ1) is 19.6. The second kappa shape index (κ2) is 12.1. The number of anilines is 2. The minimum absolute atomic E-state index is 0.0468. The number of aromatic nitrogens is 1. The van der Waals surface area contributed by atoms with Crippen molar-refractivity contribution in [1.29, 1.82) is 0 Å². The van der Waals surface area contributed by atoms with Crippen molar-refractivity contribution in [3.05, 3.63) is 75.2 Å². The molecular weight excluding hydrogens is 563 g/mol. The van der Waals surface area contributed by atoms with Gasteiger partial charge in [-0.2, -0.15) is 13.2 Å². The van der Waals surface area contributed by atoms with Crippen LogP contribution in [0.5, 0.6) is 0 Å². The molecule has 2 amide bonds. The van der Waals surface area contributed by atoms with Crippen LogP contribution in [0.15, 0.2) is 41.8 Å². The second-order valence-corrected chi connectivity index (χ2v) is 11.2. The number of aryl methyl sites for hydroxylation is 1. The highest BCUT2D eigenvalue weighted by Crippen LogP contribution is 2.37. The molecule has 2 saturated heterocycles. The number of nitrogens with zero attached hydrogens (tertiary/aromatic N) is 3. The van der Waals surface area contributed by atoms with E-state index in [0.29, 0.717) is 56.7 Å². The van der Waals surface area contributed by atoms with Gasteiger partial charge >= 0.3 is 6.18 Å². The third-order valence-electron chi connectivity index (χ3n) is 7.58. The number of benzene rings is 2. The summed E-state index contributed by atoms with van der Waals surface area (Å²) in [6.45, 7) is 2.43. The van der Waals surface area contributed by atoms with E-state index in [0.717, 1.165) is 42.1 Å². The van der Waals surface area contributed by atoms with Crippen LogP contribution in [-0.2, 0) is 17.4 Å². The average Bonchev–Trinajstić information content (AvgIpc) is 3.66. The first kappa shape index (κ1) is 29.0. The van der Waals surface area contributed by atoms with Crippen molar-refractivity contribution in [3.8, 4) is 0 Å². The van der Waals surface area contributed by atoms with Crippen molar-refractivity contribution in [1.82, 2.24) is 9.88 Å². The molecule has 3 heterocycles. The number of thiazole rings is 1. The van der Waals surface area contributed by atoms with Gasteiger partial charge in [0.2, 0.25) is 5.91 Å². The Bertz CT molecular complexity index is 1410. The zero-order valence-electron chi connectivity index (χ0n) is 22.1. The third-order valence-corrected chi connectivity index (χ3v) is 8.59. The number of amides is 2. The molecule has 0 bridgehead atoms. The number of piperidine rings is 1. The molecule has 3 aromatic rings. The second-order valence-electron chi connectivity index (χ2n) is 10.4. The molecule has 0 atom stereocenters. The molecular formula is C29H29F5N4O2S. The van der Waals surface area contributed by atoms with Gasteiger partial charge in [-0.25, -0.2) is 13.8 Å². The van der Waals surface area contributed by atoms with E-state index in [2.05, 4.69) is 10.3 Å². The van der Waals surface area contributed by atoms with Crippen LogP contribution in [0, 0.1) is 11.6 Å². The van der Waals surface area contributed by atoms with Crippen LogP contribution in [-0.4, -0.2) is 47.9 Å². The molecule has 5 rings (SSSR count). The number of likely N-dealkylation sites (tertiary alicyclic amines) is 1. The molecule has 2 aromatic carbocycles. The molecule has 0 radical (unpaired) electrons. The van der Waals surface area contributed by atoms with Gasteiger partial charge in [0.1, 0.15) is 5.69 Å². The molecule has 12 heteroatoms. The van der Waals surface area contributed by atoms with Crippen molar-refractivity contribution in [2.24, 2.45) is 0 Å². The maximum atomic E-state index is 13.4. The lowest BCUT2D eigenvalue weighted by Crippen LogP contribution is -2.38. The van der Waals surface area contributed by atoms with Gasteiger partial charge < -0.3 is 15.1 Å². The zero-order valence-corrected chi connectivity index (χ0v) is 23.0. The number of hydrogen-bond donors (Lipinski definition) is 1. The first-order valence-corrected chi connectivity index (χ1v) is 14.4. The number of nitrogens with one attached hydrogen (secondary N) is 1. The summed E-state index contributed by atoms with van der Waals surface area (Å²) in [7, 11) is 0. The van der Waals surface area contributed by atoms with Crippen molar-refractivity contribution in [3.63, 3.8) is 0 Å². The van der Waals surface area contributed by atoms with Crippen molar-refractivity contribution in [2.75, 3.05) is 36.4 Å². The Morgan fingerprint density at radius 2 is 1.71 bits per heavy atom. The summed E-state index contributed by atoms with van der Waals surface area (Å²) in [4.78, 5) is 33.9. The Balaban J connectivity index is 1.18. The molecule has 218 valence electrons. The highest BCUT2D eigenvalue weighted by atomic mass is 32.1. The standard InChI is InChI=1S/C29H29F5N4O2S/c30-21-6-3-18(15-22(21)31)4-8-26(39)38-13-9-19(10-14-38)28-36-24(17-41-28)27(40)35-23-16-20(29(32,33)34)5-7-25(23)37-11-1-2-12-37/h3,5-7,15-17,19H,1-2,4,8-14H2,(H,35,40). The number of halogens is 5. The zero-order chi connectivity index (χ0) is 29.1. The molecule has 2 aliphatic heterocycles. The summed E-state index contributed by atoms with van der Waals surface area (Å²) >= 11 is 1.32. The molecule has 0 aliphatic carbocycles. The first-order valence-electron chi connectivity index (χ1n) is 13.5. The lowest BCUT2D eigenvalue weighted by molar-refractivity contribution is -0.137. The van der Waals surface area contributed by atoms with Crippen molar-refractivity contribution in [2.45, 2.75) is 50.6 Å². The van der Waals surface area contributed by atoms with Gasteiger partial charge in [0, 0.05) is 43.9 Å². The largest absolute Gasteiger partial charge is 0.416 e. The lowest BCUT2D eigenvalue weighted by atomic mass is 9.97. The molecule has 2 fully saturated rings. The predicted octanol–water partition coefficient (Wildman–Crippen LogP) is 6.63. The summed E-state index contributed by atoms with van der Waals surface area (Å²) in [6, 6.07) is 7.03. The van der Waals surface area contributed by atoms with Crippen LogP contribution in [0.25, 0.3) is 0 Å². The van der Waals surface area contributed by atoms with E-state index in [-0.39, 0.29) is 29.6 Å². The fraction of sp³-hybridized carbons (Fsp3) is 0.414. The third kappa shape index (κ3) is 6.86. The number of rotatable bonds is 7. The minimum atomic E-state index is -4.54. The Kier molecular flexibility index (Phi) is 8.58. The Morgan fingerprint density at radius 1 is 0.976 bits per heavy atom. The van der Waals surface area contributed by atoms with Crippen molar-refractivity contribution >= 4 is 34.5 Å². The van der Waals surface area contributed by atoms with Crippen LogP contribution >= 0.6 is 11.3 Å².